The van der Waals surface area contributed by atoms with E-state index in [2.05, 4.69) is 29.8 Å². The van der Waals surface area contributed by atoms with Crippen LogP contribution in [0.2, 0.25) is 0 Å². The predicted molar refractivity (Wildman–Crippen MR) is 62.1 cm³/mol. The first-order chi connectivity index (χ1) is 6.83. The van der Waals surface area contributed by atoms with E-state index >= 15 is 0 Å². The maximum atomic E-state index is 2.44. The molecule has 0 saturated heterocycles. The van der Waals surface area contributed by atoms with Crippen LogP contribution < -0.4 is 12.4 Å². The van der Waals surface area contributed by atoms with Crippen molar-refractivity contribution >= 4 is 6.34 Å². The van der Waals surface area contributed by atoms with Gasteiger partial charge in [-0.15, -0.1) is 0 Å². The Morgan fingerprint density at radius 1 is 1.13 bits per heavy atom. The molecule has 1 rings (SSSR count). The Morgan fingerprint density at radius 2 is 1.80 bits per heavy atom. The summed E-state index contributed by atoms with van der Waals surface area (Å²) in [6.07, 6.45) is 10.7. The maximum Gasteiger partial charge on any atom is 0.234 e. The Labute approximate surface area is 101 Å². The van der Waals surface area contributed by atoms with Crippen molar-refractivity contribution < 1.29 is 17.0 Å². The molecule has 0 spiro atoms. The highest BCUT2D eigenvalue weighted by Crippen LogP contribution is 2.06. The van der Waals surface area contributed by atoms with E-state index < -0.39 is 0 Å². The molecule has 0 bridgehead atoms. The van der Waals surface area contributed by atoms with Crippen LogP contribution in [-0.2, 0) is 0 Å². The van der Waals surface area contributed by atoms with Crippen LogP contribution in [0.1, 0.15) is 45.4 Å². The van der Waals surface area contributed by atoms with E-state index in [0.717, 1.165) is 0 Å². The smallest absolute Gasteiger partial charge is 0.234 e. The molecule has 0 saturated carbocycles. The zero-order valence-corrected chi connectivity index (χ0v) is 11.0. The first-order valence-corrected chi connectivity index (χ1v) is 6.12. The minimum atomic E-state index is 0. The van der Waals surface area contributed by atoms with Crippen molar-refractivity contribution in [2.75, 3.05) is 26.7 Å². The number of hydrogen-bond donors (Lipinski definition) is 0. The van der Waals surface area contributed by atoms with Crippen LogP contribution in [-0.4, -0.2) is 42.5 Å². The van der Waals surface area contributed by atoms with Gasteiger partial charge in [-0.1, -0.05) is 32.6 Å². The second kappa shape index (κ2) is 9.02. The van der Waals surface area contributed by atoms with Gasteiger partial charge in [0.1, 0.15) is 13.1 Å². The summed E-state index contributed by atoms with van der Waals surface area (Å²) in [4.78, 5) is 2.44. The molecule has 2 nitrogen and oxygen atoms in total. The molecule has 0 aromatic carbocycles. The normalized spacial score (nSPS) is 15.1. The van der Waals surface area contributed by atoms with Crippen LogP contribution in [0.25, 0.3) is 0 Å². The Kier molecular flexibility index (Phi) is 8.88. The van der Waals surface area contributed by atoms with Gasteiger partial charge in [0.15, 0.2) is 0 Å². The zero-order chi connectivity index (χ0) is 10.2. The van der Waals surface area contributed by atoms with Crippen molar-refractivity contribution in [3.05, 3.63) is 0 Å². The average Bonchev–Trinajstić information content (AvgIpc) is 2.58. The molecule has 0 atom stereocenters. The van der Waals surface area contributed by atoms with Crippen LogP contribution in [0.3, 0.4) is 0 Å². The molecule has 1 aliphatic rings. The van der Waals surface area contributed by atoms with Gasteiger partial charge in [0, 0.05) is 0 Å². The zero-order valence-electron chi connectivity index (χ0n) is 10.2. The summed E-state index contributed by atoms with van der Waals surface area (Å²) in [6, 6.07) is 0. The van der Waals surface area contributed by atoms with Crippen molar-refractivity contribution in [3.63, 3.8) is 0 Å². The summed E-state index contributed by atoms with van der Waals surface area (Å²) < 4.78 is 2.27. The molecule has 90 valence electrons. The fourth-order valence-corrected chi connectivity index (χ4v) is 1.95. The maximum absolute atomic E-state index is 2.44. The second-order valence-corrected chi connectivity index (χ2v) is 4.40. The summed E-state index contributed by atoms with van der Waals surface area (Å²) in [5.41, 5.74) is 0. The van der Waals surface area contributed by atoms with Crippen LogP contribution in [0.5, 0.6) is 0 Å². The number of halogens is 1. The second-order valence-electron chi connectivity index (χ2n) is 4.40. The van der Waals surface area contributed by atoms with Crippen molar-refractivity contribution in [3.8, 4) is 0 Å². The molecule has 0 unspecified atom stereocenters. The first-order valence-electron chi connectivity index (χ1n) is 6.12. The fourth-order valence-electron chi connectivity index (χ4n) is 1.95. The largest absolute Gasteiger partial charge is 1.00 e. The lowest BCUT2D eigenvalue weighted by Crippen LogP contribution is -3.00. The third-order valence-corrected chi connectivity index (χ3v) is 2.90. The quantitative estimate of drug-likeness (QED) is 0.417. The van der Waals surface area contributed by atoms with Gasteiger partial charge in [0.2, 0.25) is 6.34 Å². The Morgan fingerprint density at radius 3 is 2.40 bits per heavy atom. The summed E-state index contributed by atoms with van der Waals surface area (Å²) in [5, 5.41) is 0. The predicted octanol–water partition coefficient (Wildman–Crippen LogP) is -0.663. The van der Waals surface area contributed by atoms with E-state index in [0.29, 0.717) is 0 Å². The van der Waals surface area contributed by atoms with Gasteiger partial charge in [-0.25, -0.2) is 0 Å². The van der Waals surface area contributed by atoms with Gasteiger partial charge in [0.05, 0.1) is 13.6 Å². The number of unbranched alkanes of at least 4 members (excludes halogenated alkanes) is 5. The van der Waals surface area contributed by atoms with Gasteiger partial charge in [-0.3, -0.25) is 9.48 Å². The Bertz CT molecular complexity index is 180. The molecule has 0 aliphatic carbocycles. The van der Waals surface area contributed by atoms with Gasteiger partial charge >= 0.3 is 0 Å². The summed E-state index contributed by atoms with van der Waals surface area (Å²) in [5.74, 6) is 0. The lowest BCUT2D eigenvalue weighted by atomic mass is 10.1. The van der Waals surface area contributed by atoms with Crippen molar-refractivity contribution in [1.29, 1.82) is 0 Å². The highest BCUT2D eigenvalue weighted by Gasteiger charge is 2.14. The molecule has 0 aromatic heterocycles. The molecule has 3 heteroatoms. The van der Waals surface area contributed by atoms with Crippen LogP contribution in [0, 0.1) is 0 Å². The molecular weight excluding hydrogens is 208 g/mol. The fraction of sp³-hybridized carbons (Fsp3) is 0.917. The minimum absolute atomic E-state index is 0. The standard InChI is InChI=1S/C12H25N2.ClH/c1-3-4-5-6-7-8-9-14-11-10-13(2)12-14;/h12H,3-11H2,1-2H3;1H/q+1;/p-1. The highest BCUT2D eigenvalue weighted by molar-refractivity contribution is 5.50. The van der Waals surface area contributed by atoms with Crippen molar-refractivity contribution in [2.24, 2.45) is 0 Å². The first kappa shape index (κ1) is 14.8. The number of nitrogens with zero attached hydrogens (tertiary/aromatic N) is 2. The molecule has 1 aliphatic heterocycles. The van der Waals surface area contributed by atoms with E-state index in [1.165, 1.54) is 58.2 Å². The molecule has 15 heavy (non-hydrogen) atoms. The Hall–Kier alpha value is -0.240. The topological polar surface area (TPSA) is 6.25 Å². The number of hydrogen-bond acceptors (Lipinski definition) is 1. The molecule has 0 amide bonds. The van der Waals surface area contributed by atoms with Gasteiger partial charge in [0.25, 0.3) is 0 Å². The van der Waals surface area contributed by atoms with Crippen LogP contribution >= 0.6 is 0 Å². The SMILES string of the molecule is CCCCCCCCN1C=[N+](C)CC1.[Cl-]. The third kappa shape index (κ3) is 6.77. The average molecular weight is 233 g/mol. The summed E-state index contributed by atoms with van der Waals surface area (Å²) in [6.45, 7) is 5.97. The van der Waals surface area contributed by atoms with E-state index in [-0.39, 0.29) is 12.4 Å². The van der Waals surface area contributed by atoms with E-state index in [9.17, 15) is 0 Å². The van der Waals surface area contributed by atoms with E-state index in [4.69, 9.17) is 0 Å². The van der Waals surface area contributed by atoms with Crippen LogP contribution in [0.15, 0.2) is 0 Å². The number of likely N-dealkylation sites (N-methyl/N-ethyl adjacent to an activating group) is 1. The van der Waals surface area contributed by atoms with Gasteiger partial charge in [-0.05, 0) is 12.8 Å². The third-order valence-electron chi connectivity index (χ3n) is 2.90. The van der Waals surface area contributed by atoms with Crippen LogP contribution in [0.4, 0.5) is 0 Å². The monoisotopic (exact) mass is 232 g/mol. The summed E-state index contributed by atoms with van der Waals surface area (Å²) in [7, 11) is 2.15. The summed E-state index contributed by atoms with van der Waals surface area (Å²) >= 11 is 0. The number of rotatable bonds is 7. The molecular formula is C12H25ClN2. The minimum Gasteiger partial charge on any atom is -1.00 e. The highest BCUT2D eigenvalue weighted by atomic mass is 35.5. The van der Waals surface area contributed by atoms with E-state index in [1.807, 2.05) is 0 Å². The van der Waals surface area contributed by atoms with Crippen molar-refractivity contribution in [1.82, 2.24) is 4.90 Å². The lowest BCUT2D eigenvalue weighted by Gasteiger charge is -2.05. The molecule has 1 heterocycles. The van der Waals surface area contributed by atoms with E-state index in [1.54, 1.807) is 0 Å². The van der Waals surface area contributed by atoms with Gasteiger partial charge < -0.3 is 12.4 Å². The molecule has 0 fully saturated rings. The Balaban J connectivity index is 0.00000196. The van der Waals surface area contributed by atoms with Gasteiger partial charge in [-0.2, -0.15) is 0 Å². The van der Waals surface area contributed by atoms with Crippen molar-refractivity contribution in [2.45, 2.75) is 45.4 Å². The molecule has 0 N–H and O–H groups in total. The molecule has 0 aromatic rings. The molecule has 0 radical (unpaired) electrons. The lowest BCUT2D eigenvalue weighted by molar-refractivity contribution is -0.482.